The lowest BCUT2D eigenvalue weighted by Crippen LogP contribution is -2.08. The number of aromatic nitrogens is 2. The topological polar surface area (TPSA) is 84.6 Å². The van der Waals surface area contributed by atoms with Gasteiger partial charge in [-0.05, 0) is 18.2 Å². The molecule has 6 nitrogen and oxygen atoms in total. The molecule has 0 radical (unpaired) electrons. The number of carboxylic acid groups (broad SMARTS) is 1. The molecule has 18 heavy (non-hydrogen) atoms. The van der Waals surface area contributed by atoms with Crippen LogP contribution < -0.4 is 0 Å². The van der Waals surface area contributed by atoms with Crippen LogP contribution in [0, 0.1) is 0 Å². The third-order valence-corrected chi connectivity index (χ3v) is 2.73. The molecule has 96 valence electrons. The highest BCUT2D eigenvalue weighted by Crippen LogP contribution is 2.18. The summed E-state index contributed by atoms with van der Waals surface area (Å²) in [5.41, 5.74) is 1.54. The van der Waals surface area contributed by atoms with Gasteiger partial charge in [0.25, 0.3) is 0 Å². The molecule has 0 spiro atoms. The van der Waals surface area contributed by atoms with Gasteiger partial charge in [0.1, 0.15) is 12.4 Å². The van der Waals surface area contributed by atoms with E-state index in [0.29, 0.717) is 24.5 Å². The monoisotopic (exact) mass is 250 g/mol. The SMILES string of the molecule is COCCn1c(CO)nc2cc(C(=O)O)ccc21. The lowest BCUT2D eigenvalue weighted by molar-refractivity contribution is 0.0697. The molecule has 0 atom stereocenters. The molecule has 2 N–H and O–H groups in total. The number of carbonyl (C=O) groups is 1. The maximum atomic E-state index is 10.9. The second-order valence-electron chi connectivity index (χ2n) is 3.84. The first-order valence-corrected chi connectivity index (χ1v) is 5.49. The van der Waals surface area contributed by atoms with Crippen molar-refractivity contribution in [2.75, 3.05) is 13.7 Å². The maximum absolute atomic E-state index is 10.9. The molecule has 0 amide bonds. The molecule has 0 aliphatic carbocycles. The number of aliphatic hydroxyl groups is 1. The van der Waals surface area contributed by atoms with Crippen LogP contribution in [0.4, 0.5) is 0 Å². The lowest BCUT2D eigenvalue weighted by atomic mass is 10.2. The molecule has 1 aromatic heterocycles. The van der Waals surface area contributed by atoms with Gasteiger partial charge in [-0.25, -0.2) is 9.78 Å². The summed E-state index contributed by atoms with van der Waals surface area (Å²) < 4.78 is 6.83. The van der Waals surface area contributed by atoms with Gasteiger partial charge in [0.15, 0.2) is 0 Å². The first kappa shape index (κ1) is 12.5. The number of hydrogen-bond donors (Lipinski definition) is 2. The zero-order valence-electron chi connectivity index (χ0n) is 9.96. The summed E-state index contributed by atoms with van der Waals surface area (Å²) in [6.45, 7) is 0.870. The van der Waals surface area contributed by atoms with Gasteiger partial charge in [0, 0.05) is 13.7 Å². The van der Waals surface area contributed by atoms with E-state index >= 15 is 0 Å². The molecule has 0 saturated carbocycles. The molecular formula is C12H14N2O4. The predicted octanol–water partition coefficient (Wildman–Crippen LogP) is 0.873. The van der Waals surface area contributed by atoms with E-state index in [2.05, 4.69) is 4.98 Å². The molecule has 6 heteroatoms. The Hall–Kier alpha value is -1.92. The van der Waals surface area contributed by atoms with Crippen LogP contribution in [0.1, 0.15) is 16.2 Å². The Labute approximate surface area is 103 Å². The highest BCUT2D eigenvalue weighted by atomic mass is 16.5. The molecule has 1 aromatic carbocycles. The third-order valence-electron chi connectivity index (χ3n) is 2.73. The number of aromatic carboxylic acids is 1. The average molecular weight is 250 g/mol. The number of rotatable bonds is 5. The number of hydrogen-bond acceptors (Lipinski definition) is 4. The third kappa shape index (κ3) is 2.20. The first-order valence-electron chi connectivity index (χ1n) is 5.49. The van der Waals surface area contributed by atoms with Crippen molar-refractivity contribution < 1.29 is 19.7 Å². The lowest BCUT2D eigenvalue weighted by Gasteiger charge is -2.06. The summed E-state index contributed by atoms with van der Waals surface area (Å²) in [6, 6.07) is 4.72. The fourth-order valence-corrected chi connectivity index (χ4v) is 1.87. The number of methoxy groups -OCH3 is 1. The van der Waals surface area contributed by atoms with Crippen molar-refractivity contribution in [3.05, 3.63) is 29.6 Å². The van der Waals surface area contributed by atoms with Crippen LogP contribution in [-0.2, 0) is 17.9 Å². The van der Waals surface area contributed by atoms with Crippen LogP contribution >= 0.6 is 0 Å². The van der Waals surface area contributed by atoms with Crippen molar-refractivity contribution in [3.63, 3.8) is 0 Å². The zero-order chi connectivity index (χ0) is 13.1. The van der Waals surface area contributed by atoms with E-state index in [1.807, 2.05) is 4.57 Å². The van der Waals surface area contributed by atoms with E-state index < -0.39 is 5.97 Å². The first-order chi connectivity index (χ1) is 8.67. The number of carboxylic acids is 1. The van der Waals surface area contributed by atoms with Crippen LogP contribution in [0.3, 0.4) is 0 Å². The van der Waals surface area contributed by atoms with E-state index in [-0.39, 0.29) is 12.2 Å². The molecule has 2 aromatic rings. The second kappa shape index (κ2) is 5.16. The van der Waals surface area contributed by atoms with E-state index in [9.17, 15) is 9.90 Å². The summed E-state index contributed by atoms with van der Waals surface area (Å²) >= 11 is 0. The number of fused-ring (bicyclic) bond motifs is 1. The number of nitrogens with zero attached hydrogens (tertiary/aromatic N) is 2. The van der Waals surface area contributed by atoms with E-state index in [1.165, 1.54) is 12.1 Å². The van der Waals surface area contributed by atoms with Crippen molar-refractivity contribution in [2.45, 2.75) is 13.2 Å². The highest BCUT2D eigenvalue weighted by Gasteiger charge is 2.12. The van der Waals surface area contributed by atoms with Crippen molar-refractivity contribution in [1.82, 2.24) is 9.55 Å². The van der Waals surface area contributed by atoms with Crippen molar-refractivity contribution >= 4 is 17.0 Å². The van der Waals surface area contributed by atoms with Crippen molar-refractivity contribution in [1.29, 1.82) is 0 Å². The van der Waals surface area contributed by atoms with Crippen molar-refractivity contribution in [3.8, 4) is 0 Å². The molecule has 0 aliphatic heterocycles. The Bertz CT molecular complexity index is 577. The normalized spacial score (nSPS) is 11.0. The van der Waals surface area contributed by atoms with Gasteiger partial charge in [-0.1, -0.05) is 0 Å². The number of benzene rings is 1. The molecule has 0 fully saturated rings. The van der Waals surface area contributed by atoms with Crippen LogP contribution in [-0.4, -0.2) is 39.5 Å². The summed E-state index contributed by atoms with van der Waals surface area (Å²) in [6.07, 6.45) is 0. The van der Waals surface area contributed by atoms with Gasteiger partial charge >= 0.3 is 5.97 Å². The second-order valence-corrected chi connectivity index (χ2v) is 3.84. The van der Waals surface area contributed by atoms with Gasteiger partial charge in [-0.15, -0.1) is 0 Å². The van der Waals surface area contributed by atoms with Crippen LogP contribution in [0.2, 0.25) is 0 Å². The Morgan fingerprint density at radius 2 is 2.28 bits per heavy atom. The Kier molecular flexibility index (Phi) is 3.59. The molecular weight excluding hydrogens is 236 g/mol. The van der Waals surface area contributed by atoms with Crippen LogP contribution in [0.25, 0.3) is 11.0 Å². The van der Waals surface area contributed by atoms with Gasteiger partial charge in [0.05, 0.1) is 23.2 Å². The summed E-state index contributed by atoms with van der Waals surface area (Å²) in [7, 11) is 1.60. The Balaban J connectivity index is 2.51. The largest absolute Gasteiger partial charge is 0.478 e. The molecule has 1 heterocycles. The Morgan fingerprint density at radius 1 is 1.50 bits per heavy atom. The number of aliphatic hydroxyl groups excluding tert-OH is 1. The summed E-state index contributed by atoms with van der Waals surface area (Å²) in [4.78, 5) is 15.1. The van der Waals surface area contributed by atoms with Gasteiger partial charge in [-0.3, -0.25) is 0 Å². The van der Waals surface area contributed by atoms with E-state index in [1.54, 1.807) is 13.2 Å². The molecule has 0 aliphatic rings. The summed E-state index contributed by atoms with van der Waals surface area (Å²) in [5.74, 6) is -0.488. The minimum absolute atomic E-state index is 0.184. The van der Waals surface area contributed by atoms with Gasteiger partial charge in [-0.2, -0.15) is 0 Å². The van der Waals surface area contributed by atoms with Crippen LogP contribution in [0.5, 0.6) is 0 Å². The van der Waals surface area contributed by atoms with E-state index in [0.717, 1.165) is 5.52 Å². The number of imidazole rings is 1. The molecule has 0 bridgehead atoms. The Morgan fingerprint density at radius 3 is 2.89 bits per heavy atom. The smallest absolute Gasteiger partial charge is 0.335 e. The zero-order valence-corrected chi connectivity index (χ0v) is 9.96. The highest BCUT2D eigenvalue weighted by molar-refractivity contribution is 5.92. The van der Waals surface area contributed by atoms with E-state index in [4.69, 9.17) is 9.84 Å². The van der Waals surface area contributed by atoms with Crippen LogP contribution in [0.15, 0.2) is 18.2 Å². The fourth-order valence-electron chi connectivity index (χ4n) is 1.87. The molecule has 2 rings (SSSR count). The average Bonchev–Trinajstić information content (AvgIpc) is 2.72. The summed E-state index contributed by atoms with van der Waals surface area (Å²) in [5, 5.41) is 18.2. The van der Waals surface area contributed by atoms with Crippen molar-refractivity contribution in [2.24, 2.45) is 0 Å². The molecule has 0 saturated heterocycles. The minimum Gasteiger partial charge on any atom is -0.478 e. The maximum Gasteiger partial charge on any atom is 0.335 e. The van der Waals surface area contributed by atoms with Gasteiger partial charge < -0.3 is 19.5 Å². The quantitative estimate of drug-likeness (QED) is 0.822. The fraction of sp³-hybridized carbons (Fsp3) is 0.333. The standard InChI is InChI=1S/C12H14N2O4/c1-18-5-4-14-10-3-2-8(12(16)17)6-9(10)13-11(14)7-15/h2-3,6,15H,4-5,7H2,1H3,(H,16,17). The molecule has 0 unspecified atom stereocenters. The van der Waals surface area contributed by atoms with Gasteiger partial charge in [0.2, 0.25) is 0 Å². The predicted molar refractivity (Wildman–Crippen MR) is 64.5 cm³/mol. The minimum atomic E-state index is -0.992. The number of ether oxygens (including phenoxy) is 1.